The van der Waals surface area contributed by atoms with Gasteiger partial charge in [-0.1, -0.05) is 6.42 Å². The van der Waals surface area contributed by atoms with Gasteiger partial charge in [-0.05, 0) is 71.1 Å². The number of anilines is 2. The first kappa shape index (κ1) is 13.4. The molecular formula is C17H20BrN3. The van der Waals surface area contributed by atoms with E-state index in [-0.39, 0.29) is 0 Å². The molecule has 2 bridgehead atoms. The van der Waals surface area contributed by atoms with Crippen molar-refractivity contribution < 1.29 is 0 Å². The monoisotopic (exact) mass is 345 g/mol. The van der Waals surface area contributed by atoms with Crippen molar-refractivity contribution in [3.63, 3.8) is 0 Å². The third-order valence-electron chi connectivity index (χ3n) is 5.29. The van der Waals surface area contributed by atoms with Crippen LogP contribution in [0.4, 0.5) is 11.4 Å². The highest BCUT2D eigenvalue weighted by Gasteiger charge is 2.39. The number of fused-ring (bicyclic) bond motifs is 3. The van der Waals surface area contributed by atoms with Crippen molar-refractivity contribution in [1.82, 2.24) is 4.98 Å². The summed E-state index contributed by atoms with van der Waals surface area (Å²) in [7, 11) is 0. The van der Waals surface area contributed by atoms with Crippen molar-refractivity contribution in [2.75, 3.05) is 17.6 Å². The second-order valence-electron chi connectivity index (χ2n) is 6.57. The van der Waals surface area contributed by atoms with Crippen LogP contribution in [0, 0.1) is 17.8 Å². The van der Waals surface area contributed by atoms with Crippen LogP contribution in [0.25, 0.3) is 10.9 Å². The number of nitrogens with zero attached hydrogens (tertiary/aromatic N) is 1. The maximum absolute atomic E-state index is 6.07. The van der Waals surface area contributed by atoms with Gasteiger partial charge in [-0.2, -0.15) is 0 Å². The molecule has 2 aliphatic carbocycles. The van der Waals surface area contributed by atoms with E-state index in [4.69, 9.17) is 5.73 Å². The minimum atomic E-state index is 0.782. The van der Waals surface area contributed by atoms with Gasteiger partial charge < -0.3 is 11.1 Å². The van der Waals surface area contributed by atoms with Crippen LogP contribution in [0.15, 0.2) is 28.9 Å². The summed E-state index contributed by atoms with van der Waals surface area (Å²) < 4.78 is 0.965. The van der Waals surface area contributed by atoms with E-state index in [1.54, 1.807) is 0 Å². The SMILES string of the molecule is Nc1ccc(NCC2CC3CCC2C3)c2ncc(Br)cc12. The molecule has 4 heteroatoms. The Hall–Kier alpha value is -1.29. The Bertz CT molecular complexity index is 685. The summed E-state index contributed by atoms with van der Waals surface area (Å²) in [5.41, 5.74) is 8.93. The average Bonchev–Trinajstić information content (AvgIpc) is 3.09. The number of nitrogens with two attached hydrogens (primary N) is 1. The maximum atomic E-state index is 6.07. The lowest BCUT2D eigenvalue weighted by atomic mass is 9.89. The van der Waals surface area contributed by atoms with E-state index in [0.29, 0.717) is 0 Å². The van der Waals surface area contributed by atoms with Gasteiger partial charge in [-0.25, -0.2) is 0 Å². The molecule has 2 saturated carbocycles. The number of hydrogen-bond donors (Lipinski definition) is 2. The summed E-state index contributed by atoms with van der Waals surface area (Å²) in [5.74, 6) is 2.79. The van der Waals surface area contributed by atoms with Gasteiger partial charge in [-0.3, -0.25) is 4.98 Å². The van der Waals surface area contributed by atoms with Crippen molar-refractivity contribution in [1.29, 1.82) is 0 Å². The average molecular weight is 346 g/mol. The Morgan fingerprint density at radius 1 is 1.29 bits per heavy atom. The highest BCUT2D eigenvalue weighted by atomic mass is 79.9. The van der Waals surface area contributed by atoms with Crippen LogP contribution in [0.5, 0.6) is 0 Å². The maximum Gasteiger partial charge on any atom is 0.0954 e. The lowest BCUT2D eigenvalue weighted by molar-refractivity contribution is 0.348. The second-order valence-corrected chi connectivity index (χ2v) is 7.48. The molecule has 1 aromatic carbocycles. The minimum absolute atomic E-state index is 0.782. The number of hydrogen-bond acceptors (Lipinski definition) is 3. The second kappa shape index (κ2) is 5.16. The van der Waals surface area contributed by atoms with E-state index in [0.717, 1.165) is 51.0 Å². The number of pyridine rings is 1. The molecule has 2 aromatic rings. The fourth-order valence-electron chi connectivity index (χ4n) is 4.23. The summed E-state index contributed by atoms with van der Waals surface area (Å²) in [4.78, 5) is 4.55. The Balaban J connectivity index is 1.58. The van der Waals surface area contributed by atoms with Crippen molar-refractivity contribution in [2.24, 2.45) is 17.8 Å². The normalized spacial score (nSPS) is 27.4. The molecule has 3 atom stereocenters. The Labute approximate surface area is 133 Å². The van der Waals surface area contributed by atoms with Gasteiger partial charge >= 0.3 is 0 Å². The van der Waals surface area contributed by atoms with Crippen molar-refractivity contribution in [3.8, 4) is 0 Å². The van der Waals surface area contributed by atoms with E-state index >= 15 is 0 Å². The third kappa shape index (κ3) is 2.39. The number of benzene rings is 1. The quantitative estimate of drug-likeness (QED) is 0.809. The van der Waals surface area contributed by atoms with E-state index in [1.807, 2.05) is 18.3 Å². The van der Waals surface area contributed by atoms with Gasteiger partial charge in [0, 0.05) is 28.3 Å². The summed E-state index contributed by atoms with van der Waals surface area (Å²) in [6.45, 7) is 1.07. The number of nitrogens with one attached hydrogen (secondary N) is 1. The molecule has 4 rings (SSSR count). The molecule has 2 aliphatic rings. The van der Waals surface area contributed by atoms with E-state index in [1.165, 1.54) is 25.7 Å². The molecule has 0 aliphatic heterocycles. The Kier molecular flexibility index (Phi) is 3.29. The molecule has 21 heavy (non-hydrogen) atoms. The van der Waals surface area contributed by atoms with Crippen LogP contribution in [0.2, 0.25) is 0 Å². The molecule has 1 aromatic heterocycles. The smallest absolute Gasteiger partial charge is 0.0954 e. The number of aromatic nitrogens is 1. The largest absolute Gasteiger partial charge is 0.398 e. The first-order valence-corrected chi connectivity index (χ1v) is 8.57. The Morgan fingerprint density at radius 2 is 2.19 bits per heavy atom. The first-order chi connectivity index (χ1) is 10.2. The molecule has 3 N–H and O–H groups in total. The van der Waals surface area contributed by atoms with Crippen LogP contribution in [-0.2, 0) is 0 Å². The fourth-order valence-corrected chi connectivity index (χ4v) is 4.56. The summed E-state index contributed by atoms with van der Waals surface area (Å²) in [5, 5.41) is 4.64. The van der Waals surface area contributed by atoms with Gasteiger partial charge in [0.2, 0.25) is 0 Å². The number of rotatable bonds is 3. The van der Waals surface area contributed by atoms with E-state index in [2.05, 4.69) is 32.3 Å². The topological polar surface area (TPSA) is 50.9 Å². The van der Waals surface area contributed by atoms with Crippen LogP contribution >= 0.6 is 15.9 Å². The highest BCUT2D eigenvalue weighted by molar-refractivity contribution is 9.10. The zero-order chi connectivity index (χ0) is 14.4. The minimum Gasteiger partial charge on any atom is -0.398 e. The van der Waals surface area contributed by atoms with Gasteiger partial charge in [0.1, 0.15) is 0 Å². The van der Waals surface area contributed by atoms with Gasteiger partial charge in [0.25, 0.3) is 0 Å². The van der Waals surface area contributed by atoms with Crippen LogP contribution in [0.1, 0.15) is 25.7 Å². The molecule has 0 saturated heterocycles. The van der Waals surface area contributed by atoms with E-state index in [9.17, 15) is 0 Å². The molecule has 1 heterocycles. The predicted octanol–water partition coefficient (Wildman–Crippen LogP) is 4.43. The zero-order valence-corrected chi connectivity index (χ0v) is 13.6. The fraction of sp³-hybridized carbons (Fsp3) is 0.471. The molecule has 3 unspecified atom stereocenters. The summed E-state index contributed by atoms with van der Waals surface area (Å²) >= 11 is 3.47. The molecule has 0 spiro atoms. The zero-order valence-electron chi connectivity index (χ0n) is 12.0. The van der Waals surface area contributed by atoms with Gasteiger partial charge in [-0.15, -0.1) is 0 Å². The molecule has 2 fully saturated rings. The van der Waals surface area contributed by atoms with Crippen LogP contribution < -0.4 is 11.1 Å². The molecule has 0 radical (unpaired) electrons. The Morgan fingerprint density at radius 3 is 2.95 bits per heavy atom. The molecular weight excluding hydrogens is 326 g/mol. The number of nitrogen functional groups attached to an aromatic ring is 1. The summed E-state index contributed by atoms with van der Waals surface area (Å²) in [6, 6.07) is 6.08. The first-order valence-electron chi connectivity index (χ1n) is 7.78. The predicted molar refractivity (Wildman–Crippen MR) is 91.3 cm³/mol. The lowest BCUT2D eigenvalue weighted by Gasteiger charge is -2.22. The lowest BCUT2D eigenvalue weighted by Crippen LogP contribution is -2.20. The summed E-state index contributed by atoms with van der Waals surface area (Å²) in [6.07, 6.45) is 7.60. The van der Waals surface area contributed by atoms with Crippen molar-refractivity contribution in [2.45, 2.75) is 25.7 Å². The number of halogens is 1. The van der Waals surface area contributed by atoms with Gasteiger partial charge in [0.05, 0.1) is 11.2 Å². The third-order valence-corrected chi connectivity index (χ3v) is 5.72. The van der Waals surface area contributed by atoms with Crippen LogP contribution in [0.3, 0.4) is 0 Å². The molecule has 0 amide bonds. The van der Waals surface area contributed by atoms with E-state index < -0.39 is 0 Å². The molecule has 110 valence electrons. The van der Waals surface area contributed by atoms with Crippen molar-refractivity contribution in [3.05, 3.63) is 28.9 Å². The van der Waals surface area contributed by atoms with Crippen LogP contribution in [-0.4, -0.2) is 11.5 Å². The van der Waals surface area contributed by atoms with Crippen molar-refractivity contribution >= 4 is 38.2 Å². The van der Waals surface area contributed by atoms with Gasteiger partial charge in [0.15, 0.2) is 0 Å². The standard InChI is InChI=1S/C17H20BrN3/c18-13-7-14-15(19)3-4-16(17(14)21-9-13)20-8-12-6-10-1-2-11(12)5-10/h3-4,7,9-12,20H,1-2,5-6,8,19H2. The molecule has 3 nitrogen and oxygen atoms in total. The highest BCUT2D eigenvalue weighted by Crippen LogP contribution is 2.48.